The van der Waals surface area contributed by atoms with Gasteiger partial charge in [0.15, 0.2) is 17.4 Å². The lowest BCUT2D eigenvalue weighted by Gasteiger charge is -2.49. The fourth-order valence-electron chi connectivity index (χ4n) is 6.32. The second-order valence-corrected chi connectivity index (χ2v) is 12.0. The van der Waals surface area contributed by atoms with Crippen molar-refractivity contribution in [1.82, 2.24) is 24.1 Å². The van der Waals surface area contributed by atoms with E-state index >= 15 is 0 Å². The lowest BCUT2D eigenvalue weighted by Crippen LogP contribution is -2.55. The molecule has 7 rings (SSSR count). The number of nitrogens with zero attached hydrogens (tertiary/aromatic N) is 6. The minimum atomic E-state index is -0.637. The summed E-state index contributed by atoms with van der Waals surface area (Å²) in [5, 5.41) is 4.67. The molecule has 4 aromatic rings. The Morgan fingerprint density at radius 3 is 2.83 bits per heavy atom. The largest absolute Gasteiger partial charge is 0.488 e. The van der Waals surface area contributed by atoms with E-state index in [1.54, 1.807) is 30.3 Å². The molecule has 2 unspecified atom stereocenters. The number of carbonyl (C=O) groups excluding carboxylic acids is 1. The zero-order valence-electron chi connectivity index (χ0n) is 22.2. The molecule has 1 fully saturated rings. The Bertz CT molecular complexity index is 1560. The number of benzene rings is 1. The first-order valence-corrected chi connectivity index (χ1v) is 14.3. The third-order valence-corrected chi connectivity index (χ3v) is 9.38. The standard InChI is InChI=1S/C30H29FN6O2S/c1-35-12-13-39-27-15-24(18-33-29(27)35)40-36-11-9-21-14-26-20(17-34-37(26)23-7-5-22(31)6-8-23)16-30(21,19-36)28(38)25-4-2-3-10-32-25/h2-8,10,15,17-18,21H,9,11-14,16,19H2,1H3. The number of fused-ring (bicyclic) bond motifs is 3. The van der Waals surface area contributed by atoms with E-state index in [-0.39, 0.29) is 17.5 Å². The highest BCUT2D eigenvalue weighted by Crippen LogP contribution is 2.49. The maximum absolute atomic E-state index is 14.3. The van der Waals surface area contributed by atoms with Crippen molar-refractivity contribution in [3.8, 4) is 11.4 Å². The maximum atomic E-state index is 14.3. The second kappa shape index (κ2) is 10.0. The van der Waals surface area contributed by atoms with Gasteiger partial charge in [0.2, 0.25) is 0 Å². The molecular formula is C30H29FN6O2S. The first kappa shape index (κ1) is 25.2. The molecule has 3 aromatic heterocycles. The van der Waals surface area contributed by atoms with E-state index in [1.807, 2.05) is 48.4 Å². The van der Waals surface area contributed by atoms with Crippen molar-refractivity contribution >= 4 is 23.5 Å². The van der Waals surface area contributed by atoms with Gasteiger partial charge in [-0.1, -0.05) is 6.07 Å². The third-order valence-electron chi connectivity index (χ3n) is 8.38. The summed E-state index contributed by atoms with van der Waals surface area (Å²) < 4.78 is 23.7. The lowest BCUT2D eigenvalue weighted by molar-refractivity contribution is 0.0412. The van der Waals surface area contributed by atoms with Gasteiger partial charge in [-0.2, -0.15) is 5.10 Å². The lowest BCUT2D eigenvalue weighted by atomic mass is 9.60. The second-order valence-electron chi connectivity index (χ2n) is 10.8. The molecule has 3 aliphatic rings. The summed E-state index contributed by atoms with van der Waals surface area (Å²) in [6, 6.07) is 14.0. The molecule has 0 N–H and O–H groups in total. The molecule has 10 heteroatoms. The van der Waals surface area contributed by atoms with Crippen LogP contribution in [0.1, 0.15) is 28.2 Å². The zero-order valence-corrected chi connectivity index (χ0v) is 23.0. The number of pyridine rings is 2. The van der Waals surface area contributed by atoms with Gasteiger partial charge >= 0.3 is 0 Å². The van der Waals surface area contributed by atoms with Crippen molar-refractivity contribution in [3.05, 3.63) is 89.9 Å². The number of carbonyl (C=O) groups is 1. The molecule has 0 spiro atoms. The molecule has 0 amide bonds. The number of halogens is 1. The van der Waals surface area contributed by atoms with Crippen LogP contribution in [0.15, 0.2) is 72.0 Å². The van der Waals surface area contributed by atoms with Crippen LogP contribution in [-0.2, 0) is 12.8 Å². The molecule has 1 aliphatic carbocycles. The SMILES string of the molecule is CN1CCOc2cc(SN3CCC4Cc5c(cnn5-c5ccc(F)cc5)CC4(C(=O)c4ccccn4)C3)cnc21. The number of ketones is 1. The van der Waals surface area contributed by atoms with E-state index in [2.05, 4.69) is 24.3 Å². The first-order valence-electron chi connectivity index (χ1n) is 13.5. The Morgan fingerprint density at radius 2 is 2.00 bits per heavy atom. The molecule has 1 aromatic carbocycles. The maximum Gasteiger partial charge on any atom is 0.189 e. The first-order chi connectivity index (χ1) is 19.5. The number of Topliss-reactive ketones (excluding diaryl/α,β-unsaturated/α-hetero) is 1. The third kappa shape index (κ3) is 4.35. The smallest absolute Gasteiger partial charge is 0.189 e. The topological polar surface area (TPSA) is 76.4 Å². The number of hydrogen-bond acceptors (Lipinski definition) is 8. The minimum Gasteiger partial charge on any atom is -0.488 e. The summed E-state index contributed by atoms with van der Waals surface area (Å²) in [5.41, 5.74) is 2.85. The summed E-state index contributed by atoms with van der Waals surface area (Å²) in [7, 11) is 2.02. The molecule has 2 atom stereocenters. The molecule has 204 valence electrons. The average molecular weight is 557 g/mol. The van der Waals surface area contributed by atoms with Crippen molar-refractivity contribution in [3.63, 3.8) is 0 Å². The van der Waals surface area contributed by atoms with Crippen molar-refractivity contribution < 1.29 is 13.9 Å². The van der Waals surface area contributed by atoms with Crippen molar-refractivity contribution in [1.29, 1.82) is 0 Å². The van der Waals surface area contributed by atoms with Gasteiger partial charge in [0, 0.05) is 49.2 Å². The fourth-order valence-corrected chi connectivity index (χ4v) is 7.37. The summed E-state index contributed by atoms with van der Waals surface area (Å²) in [6.45, 7) is 2.89. The van der Waals surface area contributed by atoms with Crippen LogP contribution in [0.3, 0.4) is 0 Å². The number of ether oxygens (including phenoxy) is 1. The van der Waals surface area contributed by atoms with Crippen LogP contribution < -0.4 is 9.64 Å². The van der Waals surface area contributed by atoms with Crippen LogP contribution in [0.25, 0.3) is 5.69 Å². The summed E-state index contributed by atoms with van der Waals surface area (Å²) in [4.78, 5) is 26.5. The van der Waals surface area contributed by atoms with Crippen LogP contribution in [0, 0.1) is 17.2 Å². The van der Waals surface area contributed by atoms with Gasteiger partial charge in [-0.15, -0.1) is 0 Å². The summed E-state index contributed by atoms with van der Waals surface area (Å²) in [5.74, 6) is 1.58. The number of likely N-dealkylation sites (N-methyl/N-ethyl adjacent to an activating group) is 1. The number of rotatable bonds is 5. The van der Waals surface area contributed by atoms with Crippen LogP contribution >= 0.6 is 11.9 Å². The van der Waals surface area contributed by atoms with Gasteiger partial charge in [-0.3, -0.25) is 9.78 Å². The predicted octanol–water partition coefficient (Wildman–Crippen LogP) is 4.63. The van der Waals surface area contributed by atoms with Crippen LogP contribution in [-0.4, -0.2) is 63.1 Å². The van der Waals surface area contributed by atoms with Gasteiger partial charge < -0.3 is 9.64 Å². The minimum absolute atomic E-state index is 0.0807. The highest BCUT2D eigenvalue weighted by atomic mass is 32.2. The highest BCUT2D eigenvalue weighted by molar-refractivity contribution is 7.97. The van der Waals surface area contributed by atoms with Gasteiger partial charge in [-0.05, 0) is 79.1 Å². The van der Waals surface area contributed by atoms with Crippen molar-refractivity contribution in [2.45, 2.75) is 24.2 Å². The summed E-state index contributed by atoms with van der Waals surface area (Å²) >= 11 is 1.63. The summed E-state index contributed by atoms with van der Waals surface area (Å²) in [6.07, 6.45) is 7.61. The van der Waals surface area contributed by atoms with Crippen LogP contribution in [0.2, 0.25) is 0 Å². The molecule has 0 bridgehead atoms. The van der Waals surface area contributed by atoms with E-state index in [0.29, 0.717) is 25.3 Å². The Hall–Kier alpha value is -3.76. The van der Waals surface area contributed by atoms with Crippen LogP contribution in [0.4, 0.5) is 10.2 Å². The molecular weight excluding hydrogens is 527 g/mol. The zero-order chi connectivity index (χ0) is 27.3. The van der Waals surface area contributed by atoms with Gasteiger partial charge in [0.1, 0.15) is 18.1 Å². The van der Waals surface area contributed by atoms with E-state index in [1.165, 1.54) is 12.1 Å². The fraction of sp³-hybridized carbons (Fsp3) is 0.333. The van der Waals surface area contributed by atoms with Gasteiger partial charge in [0.25, 0.3) is 0 Å². The molecule has 1 saturated heterocycles. The predicted molar refractivity (Wildman–Crippen MR) is 150 cm³/mol. The Kier molecular flexibility index (Phi) is 6.31. The molecule has 5 heterocycles. The molecule has 0 radical (unpaired) electrons. The van der Waals surface area contributed by atoms with Crippen molar-refractivity contribution in [2.75, 3.05) is 38.2 Å². The quantitative estimate of drug-likeness (QED) is 0.260. The average Bonchev–Trinajstić information content (AvgIpc) is 3.38. The molecule has 40 heavy (non-hydrogen) atoms. The monoisotopic (exact) mass is 556 g/mol. The normalized spacial score (nSPS) is 22.1. The van der Waals surface area contributed by atoms with Crippen molar-refractivity contribution in [2.24, 2.45) is 11.3 Å². The number of hydrogen-bond donors (Lipinski definition) is 0. The Labute approximate surface area is 236 Å². The Morgan fingerprint density at radius 1 is 1.12 bits per heavy atom. The number of piperidine rings is 1. The van der Waals surface area contributed by atoms with E-state index in [0.717, 1.165) is 59.3 Å². The molecule has 2 aliphatic heterocycles. The van der Waals surface area contributed by atoms with E-state index in [4.69, 9.17) is 4.74 Å². The number of aromatic nitrogens is 4. The van der Waals surface area contributed by atoms with Gasteiger partial charge in [0.05, 0.1) is 23.8 Å². The van der Waals surface area contributed by atoms with E-state index in [9.17, 15) is 9.18 Å². The Balaban J connectivity index is 1.22. The molecule has 0 saturated carbocycles. The van der Waals surface area contributed by atoms with E-state index < -0.39 is 5.41 Å². The molecule has 8 nitrogen and oxygen atoms in total. The van der Waals surface area contributed by atoms with Crippen LogP contribution in [0.5, 0.6) is 5.75 Å². The number of anilines is 1. The van der Waals surface area contributed by atoms with Gasteiger partial charge in [-0.25, -0.2) is 18.4 Å². The highest BCUT2D eigenvalue weighted by Gasteiger charge is 2.53.